The Bertz CT molecular complexity index is 366. The van der Waals surface area contributed by atoms with Crippen LogP contribution in [0.3, 0.4) is 0 Å². The zero-order valence-corrected chi connectivity index (χ0v) is 6.36. The van der Waals surface area contributed by atoms with Gasteiger partial charge in [-0.05, 0) is 12.1 Å². The molecule has 0 fully saturated rings. The van der Waals surface area contributed by atoms with Gasteiger partial charge in [0.1, 0.15) is 5.69 Å². The average molecular weight is 160 g/mol. The molecule has 0 aliphatic heterocycles. The second-order valence-electron chi connectivity index (χ2n) is 2.38. The van der Waals surface area contributed by atoms with Gasteiger partial charge >= 0.3 is 0 Å². The summed E-state index contributed by atoms with van der Waals surface area (Å²) in [5.41, 5.74) is 7.18. The number of hydrogen-bond acceptors (Lipinski definition) is 3. The maximum atomic E-state index is 5.59. The van der Waals surface area contributed by atoms with E-state index in [2.05, 4.69) is 15.0 Å². The summed E-state index contributed by atoms with van der Waals surface area (Å²) >= 11 is 0. The summed E-state index contributed by atoms with van der Waals surface area (Å²) in [6.07, 6.45) is 3.27. The van der Waals surface area contributed by atoms with Crippen LogP contribution in [0.15, 0.2) is 30.7 Å². The summed E-state index contributed by atoms with van der Waals surface area (Å²) in [5, 5.41) is 0. The number of anilines is 1. The Hall–Kier alpha value is -1.84. The molecule has 2 rings (SSSR count). The maximum absolute atomic E-state index is 5.59. The fourth-order valence-corrected chi connectivity index (χ4v) is 1.02. The van der Waals surface area contributed by atoms with Gasteiger partial charge in [-0.3, -0.25) is 4.98 Å². The van der Waals surface area contributed by atoms with E-state index in [1.54, 1.807) is 12.5 Å². The summed E-state index contributed by atoms with van der Waals surface area (Å²) in [7, 11) is 0. The third kappa shape index (κ3) is 1.03. The van der Waals surface area contributed by atoms with Crippen molar-refractivity contribution in [2.75, 3.05) is 5.73 Å². The van der Waals surface area contributed by atoms with E-state index in [0.717, 1.165) is 11.4 Å². The van der Waals surface area contributed by atoms with Crippen molar-refractivity contribution in [2.45, 2.75) is 0 Å². The van der Waals surface area contributed by atoms with Gasteiger partial charge in [0.2, 0.25) is 0 Å². The summed E-state index contributed by atoms with van der Waals surface area (Å²) in [4.78, 5) is 10.9. The van der Waals surface area contributed by atoms with E-state index in [0.29, 0.717) is 5.82 Å². The van der Waals surface area contributed by atoms with Crippen molar-refractivity contribution < 1.29 is 0 Å². The lowest BCUT2D eigenvalue weighted by molar-refractivity contribution is 1.27. The summed E-state index contributed by atoms with van der Waals surface area (Å²) in [6.45, 7) is 0. The lowest BCUT2D eigenvalue weighted by Crippen LogP contribution is -1.89. The molecule has 2 aromatic heterocycles. The molecule has 60 valence electrons. The molecule has 2 heterocycles. The molecule has 3 N–H and O–H groups in total. The van der Waals surface area contributed by atoms with Crippen LogP contribution in [-0.4, -0.2) is 15.0 Å². The minimum Gasteiger partial charge on any atom is -0.382 e. The Balaban J connectivity index is 2.51. The Labute approximate surface area is 69.5 Å². The van der Waals surface area contributed by atoms with Gasteiger partial charge in [0.05, 0.1) is 12.0 Å². The van der Waals surface area contributed by atoms with Gasteiger partial charge in [-0.15, -0.1) is 0 Å². The number of nitrogen functional groups attached to an aromatic ring is 1. The zero-order valence-electron chi connectivity index (χ0n) is 6.36. The minimum absolute atomic E-state index is 0.480. The van der Waals surface area contributed by atoms with E-state index in [1.807, 2.05) is 18.2 Å². The van der Waals surface area contributed by atoms with E-state index < -0.39 is 0 Å². The molecule has 0 aromatic carbocycles. The van der Waals surface area contributed by atoms with Crippen molar-refractivity contribution in [2.24, 2.45) is 0 Å². The molecule has 12 heavy (non-hydrogen) atoms. The largest absolute Gasteiger partial charge is 0.382 e. The van der Waals surface area contributed by atoms with E-state index in [-0.39, 0.29) is 0 Å². The molecule has 0 amide bonds. The topological polar surface area (TPSA) is 67.6 Å². The highest BCUT2D eigenvalue weighted by molar-refractivity contribution is 5.65. The van der Waals surface area contributed by atoms with E-state index in [4.69, 9.17) is 5.73 Å². The zero-order chi connectivity index (χ0) is 8.39. The van der Waals surface area contributed by atoms with Crippen molar-refractivity contribution in [3.05, 3.63) is 30.7 Å². The molecule has 0 bridgehead atoms. The Morgan fingerprint density at radius 2 is 2.17 bits per heavy atom. The number of rotatable bonds is 1. The van der Waals surface area contributed by atoms with E-state index >= 15 is 0 Å². The maximum Gasteiger partial charge on any atom is 0.151 e. The van der Waals surface area contributed by atoms with Gasteiger partial charge < -0.3 is 10.7 Å². The number of pyridine rings is 1. The molecule has 4 heteroatoms. The van der Waals surface area contributed by atoms with Crippen LogP contribution in [0, 0.1) is 0 Å². The predicted molar refractivity (Wildman–Crippen MR) is 46.2 cm³/mol. The molecule has 0 spiro atoms. The first-order valence-electron chi connectivity index (χ1n) is 3.58. The van der Waals surface area contributed by atoms with Crippen molar-refractivity contribution in [3.8, 4) is 11.4 Å². The van der Waals surface area contributed by atoms with Crippen LogP contribution >= 0.6 is 0 Å². The lowest BCUT2D eigenvalue weighted by Gasteiger charge is -1.95. The molecule has 0 saturated heterocycles. The normalized spacial score (nSPS) is 10.0. The molecule has 0 unspecified atom stereocenters. The molecule has 0 aliphatic carbocycles. The van der Waals surface area contributed by atoms with Crippen molar-refractivity contribution in [1.82, 2.24) is 15.0 Å². The number of nitrogens with zero attached hydrogens (tertiary/aromatic N) is 2. The van der Waals surface area contributed by atoms with Crippen molar-refractivity contribution in [3.63, 3.8) is 0 Å². The first kappa shape index (κ1) is 6.84. The number of H-pyrrole nitrogens is 1. The van der Waals surface area contributed by atoms with Crippen LogP contribution in [0.25, 0.3) is 11.4 Å². The highest BCUT2D eigenvalue weighted by Gasteiger charge is 2.03. The first-order chi connectivity index (χ1) is 5.88. The van der Waals surface area contributed by atoms with Gasteiger partial charge in [0.25, 0.3) is 0 Å². The molecule has 2 aromatic rings. The van der Waals surface area contributed by atoms with Crippen LogP contribution in [-0.2, 0) is 0 Å². The Morgan fingerprint density at radius 3 is 2.75 bits per heavy atom. The van der Waals surface area contributed by atoms with Crippen molar-refractivity contribution in [1.29, 1.82) is 0 Å². The fraction of sp³-hybridized carbons (Fsp3) is 0. The third-order valence-corrected chi connectivity index (χ3v) is 1.59. The van der Waals surface area contributed by atoms with E-state index in [9.17, 15) is 0 Å². The minimum atomic E-state index is 0.480. The lowest BCUT2D eigenvalue weighted by atomic mass is 10.3. The molecule has 0 atom stereocenters. The molecular weight excluding hydrogens is 152 g/mol. The molecular formula is C8H8N4. The molecule has 4 nitrogen and oxygen atoms in total. The fourth-order valence-electron chi connectivity index (χ4n) is 1.02. The van der Waals surface area contributed by atoms with Gasteiger partial charge in [0.15, 0.2) is 5.82 Å². The number of nitrogens with one attached hydrogen (secondary N) is 1. The average Bonchev–Trinajstić information content (AvgIpc) is 2.53. The Kier molecular flexibility index (Phi) is 1.51. The van der Waals surface area contributed by atoms with Crippen LogP contribution in [0.5, 0.6) is 0 Å². The molecule has 0 radical (unpaired) electrons. The third-order valence-electron chi connectivity index (χ3n) is 1.59. The number of hydrogen-bond donors (Lipinski definition) is 2. The van der Waals surface area contributed by atoms with Crippen LogP contribution in [0.4, 0.5) is 5.82 Å². The van der Waals surface area contributed by atoms with Gasteiger partial charge in [-0.1, -0.05) is 6.07 Å². The van der Waals surface area contributed by atoms with Gasteiger partial charge in [-0.2, -0.15) is 0 Å². The summed E-state index contributed by atoms with van der Waals surface area (Å²) in [6, 6.07) is 5.64. The number of aromatic nitrogens is 3. The van der Waals surface area contributed by atoms with Crippen LogP contribution < -0.4 is 5.73 Å². The number of imidazole rings is 1. The second kappa shape index (κ2) is 2.65. The van der Waals surface area contributed by atoms with Crippen molar-refractivity contribution >= 4 is 5.82 Å². The smallest absolute Gasteiger partial charge is 0.151 e. The number of nitrogens with two attached hydrogens (primary N) is 1. The quantitative estimate of drug-likeness (QED) is 0.655. The monoisotopic (exact) mass is 160 g/mol. The summed E-state index contributed by atoms with van der Waals surface area (Å²) in [5.74, 6) is 0.480. The highest BCUT2D eigenvalue weighted by Crippen LogP contribution is 2.17. The first-order valence-corrected chi connectivity index (χ1v) is 3.58. The highest BCUT2D eigenvalue weighted by atomic mass is 15.0. The second-order valence-corrected chi connectivity index (χ2v) is 2.38. The van der Waals surface area contributed by atoms with Crippen LogP contribution in [0.1, 0.15) is 0 Å². The molecule has 0 aliphatic rings. The Morgan fingerprint density at radius 1 is 1.25 bits per heavy atom. The van der Waals surface area contributed by atoms with E-state index in [1.165, 1.54) is 0 Å². The number of aromatic amines is 1. The predicted octanol–water partition coefficient (Wildman–Crippen LogP) is 1.05. The molecule has 0 saturated carbocycles. The van der Waals surface area contributed by atoms with Gasteiger partial charge in [0, 0.05) is 6.20 Å². The summed E-state index contributed by atoms with van der Waals surface area (Å²) < 4.78 is 0. The van der Waals surface area contributed by atoms with Crippen LogP contribution in [0.2, 0.25) is 0 Å². The van der Waals surface area contributed by atoms with Gasteiger partial charge in [-0.25, -0.2) is 4.98 Å². The SMILES string of the molecule is Nc1nc[nH]c1-c1ccccn1. The standard InChI is InChI=1S/C8H8N4/c9-8-7(11-5-12-8)6-3-1-2-4-10-6/h1-5H,9H2,(H,11,12).